The Hall–Kier alpha value is -3.27. The van der Waals surface area contributed by atoms with Gasteiger partial charge >= 0.3 is 0 Å². The first kappa shape index (κ1) is 17.4. The molecule has 4 fully saturated rings. The summed E-state index contributed by atoms with van der Waals surface area (Å²) in [5, 5.41) is 4.35. The second-order valence-corrected chi connectivity index (χ2v) is 8.89. The minimum atomic E-state index is -0.418. The summed E-state index contributed by atoms with van der Waals surface area (Å²) in [4.78, 5) is 27.9. The maximum atomic E-state index is 13.9. The van der Waals surface area contributed by atoms with Crippen LogP contribution in [0, 0.1) is 17.7 Å². The molecule has 2 aliphatic carbocycles. The molecule has 11 heteroatoms. The predicted octanol–water partition coefficient (Wildman–Crippen LogP) is 1.74. The summed E-state index contributed by atoms with van der Waals surface area (Å²) >= 11 is 5.82. The van der Waals surface area contributed by atoms with E-state index >= 15 is 0 Å². The van der Waals surface area contributed by atoms with Gasteiger partial charge < -0.3 is 14.0 Å². The summed E-state index contributed by atoms with van der Waals surface area (Å²) < 4.78 is 22.5. The summed E-state index contributed by atoms with van der Waals surface area (Å²) in [6.45, 7) is 0.975. The maximum absolute atomic E-state index is 13.9. The van der Waals surface area contributed by atoms with Gasteiger partial charge in [-0.2, -0.15) is 4.98 Å². The van der Waals surface area contributed by atoms with Crippen LogP contribution in [-0.4, -0.2) is 41.8 Å². The van der Waals surface area contributed by atoms with Crippen LogP contribution in [-0.2, 0) is 19.0 Å². The standard InChI is InChI=1S/C20H15ClFN7O2/c1-27-7-23-17-15(27)18(30)28(8-24-17)6-13-25-19(26-31-13)20-10-5-29(16(20)14(10)20)9-2-3-11(21)12(22)4-9/h2-4,7-8,10,14,16H,5-6H2,1H3. The van der Waals surface area contributed by atoms with E-state index in [0.29, 0.717) is 34.7 Å². The second-order valence-electron chi connectivity index (χ2n) is 8.48. The molecule has 4 aromatic rings. The first-order chi connectivity index (χ1) is 15.0. The molecule has 3 aromatic heterocycles. The highest BCUT2D eigenvalue weighted by atomic mass is 35.5. The number of halogens is 2. The molecule has 4 atom stereocenters. The van der Waals surface area contributed by atoms with E-state index in [0.717, 1.165) is 12.2 Å². The Morgan fingerprint density at radius 1 is 1.32 bits per heavy atom. The van der Waals surface area contributed by atoms with E-state index in [1.807, 2.05) is 6.07 Å². The number of aromatic nitrogens is 6. The molecule has 0 spiro atoms. The van der Waals surface area contributed by atoms with E-state index in [-0.39, 0.29) is 28.6 Å². The Balaban J connectivity index is 1.16. The number of rotatable bonds is 4. The van der Waals surface area contributed by atoms with Crippen molar-refractivity contribution in [2.45, 2.75) is 18.0 Å². The highest BCUT2D eigenvalue weighted by molar-refractivity contribution is 6.30. The second kappa shape index (κ2) is 5.50. The van der Waals surface area contributed by atoms with Crippen LogP contribution in [0.2, 0.25) is 5.02 Å². The zero-order valence-corrected chi connectivity index (χ0v) is 17.0. The number of imidazole rings is 1. The topological polar surface area (TPSA) is 94.9 Å². The van der Waals surface area contributed by atoms with Crippen molar-refractivity contribution in [2.75, 3.05) is 11.4 Å². The number of aryl methyl sites for hydroxylation is 1. The molecule has 156 valence electrons. The van der Waals surface area contributed by atoms with Gasteiger partial charge in [-0.05, 0) is 24.1 Å². The maximum Gasteiger partial charge on any atom is 0.280 e. The Kier molecular flexibility index (Phi) is 3.09. The van der Waals surface area contributed by atoms with Gasteiger partial charge in [-0.15, -0.1) is 0 Å². The van der Waals surface area contributed by atoms with Crippen LogP contribution in [0.3, 0.4) is 0 Å². The number of nitrogens with zero attached hydrogens (tertiary/aromatic N) is 7. The SMILES string of the molecule is Cn1cnc2ncn(Cc3nc(C45C6CN(c7ccc(Cl)c(F)c7)C4C65)no3)c(=O)c21. The highest BCUT2D eigenvalue weighted by Crippen LogP contribution is 2.85. The van der Waals surface area contributed by atoms with Gasteiger partial charge in [-0.3, -0.25) is 9.36 Å². The van der Waals surface area contributed by atoms with Gasteiger partial charge in [0.25, 0.3) is 5.56 Å². The van der Waals surface area contributed by atoms with E-state index < -0.39 is 5.82 Å². The van der Waals surface area contributed by atoms with E-state index in [4.69, 9.17) is 16.1 Å². The largest absolute Gasteiger partial charge is 0.367 e. The number of anilines is 1. The van der Waals surface area contributed by atoms with Gasteiger partial charge in [0.05, 0.1) is 16.8 Å². The molecule has 1 aromatic carbocycles. The van der Waals surface area contributed by atoms with Crippen LogP contribution < -0.4 is 10.5 Å². The first-order valence-electron chi connectivity index (χ1n) is 9.91. The molecule has 0 radical (unpaired) electrons. The lowest BCUT2D eigenvalue weighted by Gasteiger charge is -2.19. The molecule has 31 heavy (non-hydrogen) atoms. The number of benzene rings is 1. The van der Waals surface area contributed by atoms with E-state index in [1.54, 1.807) is 24.0 Å². The van der Waals surface area contributed by atoms with Crippen molar-refractivity contribution in [1.82, 2.24) is 29.2 Å². The minimum absolute atomic E-state index is 0.118. The zero-order chi connectivity index (χ0) is 21.1. The van der Waals surface area contributed by atoms with Crippen LogP contribution in [0.25, 0.3) is 11.2 Å². The van der Waals surface area contributed by atoms with Crippen LogP contribution in [0.5, 0.6) is 0 Å². The Labute approximate surface area is 179 Å². The lowest BCUT2D eigenvalue weighted by Crippen LogP contribution is -2.23. The fourth-order valence-corrected chi connectivity index (χ4v) is 5.61. The van der Waals surface area contributed by atoms with E-state index in [1.165, 1.54) is 17.0 Å². The van der Waals surface area contributed by atoms with Crippen molar-refractivity contribution in [2.24, 2.45) is 18.9 Å². The Bertz CT molecular complexity index is 1460. The number of hydrogen-bond acceptors (Lipinski definition) is 7. The molecule has 0 amide bonds. The predicted molar refractivity (Wildman–Crippen MR) is 107 cm³/mol. The molecule has 8 rings (SSSR count). The van der Waals surface area contributed by atoms with Crippen molar-refractivity contribution in [3.05, 3.63) is 63.8 Å². The summed E-state index contributed by atoms with van der Waals surface area (Å²) in [5.74, 6) is 1.51. The number of hydrogen-bond donors (Lipinski definition) is 0. The molecule has 2 saturated heterocycles. The lowest BCUT2D eigenvalue weighted by atomic mass is 10.1. The third kappa shape index (κ3) is 2.08. The summed E-state index contributed by atoms with van der Waals surface area (Å²) in [7, 11) is 1.75. The first-order valence-corrected chi connectivity index (χ1v) is 10.3. The summed E-state index contributed by atoms with van der Waals surface area (Å²) in [6.07, 6.45) is 3.00. The van der Waals surface area contributed by atoms with Crippen molar-refractivity contribution in [3.8, 4) is 0 Å². The molecule has 2 aliphatic heterocycles. The van der Waals surface area contributed by atoms with Gasteiger partial charge in [-0.25, -0.2) is 14.4 Å². The van der Waals surface area contributed by atoms with Gasteiger partial charge in [0.15, 0.2) is 17.0 Å². The van der Waals surface area contributed by atoms with Gasteiger partial charge in [0, 0.05) is 31.2 Å². The smallest absolute Gasteiger partial charge is 0.280 e. The molecule has 2 bridgehead atoms. The molecule has 5 heterocycles. The molecule has 4 unspecified atom stereocenters. The van der Waals surface area contributed by atoms with Crippen molar-refractivity contribution >= 4 is 28.5 Å². The minimum Gasteiger partial charge on any atom is -0.367 e. The normalized spacial score (nSPS) is 27.7. The monoisotopic (exact) mass is 439 g/mol. The quantitative estimate of drug-likeness (QED) is 0.478. The van der Waals surface area contributed by atoms with Crippen molar-refractivity contribution in [1.29, 1.82) is 0 Å². The van der Waals surface area contributed by atoms with Gasteiger partial charge in [0.2, 0.25) is 5.89 Å². The number of fused-ring (bicyclic) bond motifs is 2. The number of piperidine rings is 1. The lowest BCUT2D eigenvalue weighted by molar-refractivity contribution is 0.362. The Morgan fingerprint density at radius 3 is 2.97 bits per heavy atom. The Morgan fingerprint density at radius 2 is 2.16 bits per heavy atom. The zero-order valence-electron chi connectivity index (χ0n) is 16.2. The van der Waals surface area contributed by atoms with Crippen LogP contribution >= 0.6 is 11.6 Å². The average molecular weight is 440 g/mol. The van der Waals surface area contributed by atoms with Gasteiger partial charge in [0.1, 0.15) is 18.7 Å². The highest BCUT2D eigenvalue weighted by Gasteiger charge is 2.95. The van der Waals surface area contributed by atoms with Crippen molar-refractivity contribution < 1.29 is 8.91 Å². The van der Waals surface area contributed by atoms with Crippen LogP contribution in [0.1, 0.15) is 11.7 Å². The fourth-order valence-electron chi connectivity index (χ4n) is 5.49. The molecule has 2 saturated carbocycles. The summed E-state index contributed by atoms with van der Waals surface area (Å²) in [5.41, 5.74) is 1.32. The van der Waals surface area contributed by atoms with Crippen molar-refractivity contribution in [3.63, 3.8) is 0 Å². The van der Waals surface area contributed by atoms with Crippen LogP contribution in [0.15, 0.2) is 40.2 Å². The third-order valence-electron chi connectivity index (χ3n) is 7.04. The van der Waals surface area contributed by atoms with Gasteiger partial charge in [-0.1, -0.05) is 16.8 Å². The molecule has 4 aliphatic rings. The van der Waals surface area contributed by atoms with Crippen LogP contribution in [0.4, 0.5) is 10.1 Å². The third-order valence-corrected chi connectivity index (χ3v) is 7.34. The van der Waals surface area contributed by atoms with E-state index in [2.05, 4.69) is 25.0 Å². The summed E-state index contributed by atoms with van der Waals surface area (Å²) in [6, 6.07) is 5.15. The molecular formula is C20H15ClFN7O2. The molecule has 9 nitrogen and oxygen atoms in total. The fraction of sp³-hybridized carbons (Fsp3) is 0.350. The molecule has 0 N–H and O–H groups in total. The molecular weight excluding hydrogens is 425 g/mol. The average Bonchev–Trinajstić information content (AvgIpc) is 3.22. The van der Waals surface area contributed by atoms with E-state index in [9.17, 15) is 9.18 Å².